The predicted molar refractivity (Wildman–Crippen MR) is 92.3 cm³/mol. The van der Waals surface area contributed by atoms with Crippen LogP contribution >= 0.6 is 22.9 Å². The van der Waals surface area contributed by atoms with Crippen LogP contribution in [-0.4, -0.2) is 34.1 Å². The molecule has 4 rings (SSSR count). The number of thiophene rings is 1. The van der Waals surface area contributed by atoms with Gasteiger partial charge in [-0.2, -0.15) is 0 Å². The van der Waals surface area contributed by atoms with Crippen LogP contribution in [0.3, 0.4) is 0 Å². The van der Waals surface area contributed by atoms with Crippen molar-refractivity contribution < 1.29 is 9.21 Å². The zero-order chi connectivity index (χ0) is 16.5. The first-order valence-corrected chi connectivity index (χ1v) is 8.88. The summed E-state index contributed by atoms with van der Waals surface area (Å²) in [5, 5.41) is 10.9. The lowest BCUT2D eigenvalue weighted by atomic mass is 10.1. The second-order valence-electron chi connectivity index (χ2n) is 5.67. The van der Waals surface area contributed by atoms with Gasteiger partial charge in [0.05, 0.1) is 10.8 Å². The van der Waals surface area contributed by atoms with Gasteiger partial charge >= 0.3 is 0 Å². The Labute approximate surface area is 147 Å². The van der Waals surface area contributed by atoms with E-state index in [9.17, 15) is 4.79 Å². The summed E-state index contributed by atoms with van der Waals surface area (Å²) in [5.74, 6) is 1.22. The van der Waals surface area contributed by atoms with Crippen LogP contribution in [0.15, 0.2) is 46.2 Å². The van der Waals surface area contributed by atoms with E-state index in [0.29, 0.717) is 29.9 Å². The van der Waals surface area contributed by atoms with Gasteiger partial charge in [0.1, 0.15) is 0 Å². The number of likely N-dealkylation sites (tertiary alicyclic amines) is 1. The number of carbonyl (C=O) groups is 1. The number of aromatic nitrogens is 2. The van der Waals surface area contributed by atoms with Gasteiger partial charge in [0, 0.05) is 23.7 Å². The van der Waals surface area contributed by atoms with E-state index in [1.165, 1.54) is 11.3 Å². The maximum atomic E-state index is 12.4. The highest BCUT2D eigenvalue weighted by Gasteiger charge is 2.31. The lowest BCUT2D eigenvalue weighted by molar-refractivity contribution is 0.0794. The molecule has 0 aliphatic carbocycles. The van der Waals surface area contributed by atoms with Gasteiger partial charge in [-0.3, -0.25) is 4.79 Å². The van der Waals surface area contributed by atoms with Gasteiger partial charge in [0.15, 0.2) is 0 Å². The number of carbonyl (C=O) groups excluding carboxylic acids is 1. The standard InChI is InChI=1S/C17H14ClN3O2S/c18-13-5-3-11(4-6-13)15-19-20-16(23-15)12-7-8-21(10-12)17(22)14-2-1-9-24-14/h1-6,9,12H,7-8,10H2. The molecule has 1 fully saturated rings. The molecule has 1 saturated heterocycles. The molecule has 0 N–H and O–H groups in total. The first-order valence-electron chi connectivity index (χ1n) is 7.63. The molecule has 1 atom stereocenters. The van der Waals surface area contributed by atoms with Crippen LogP contribution in [0.5, 0.6) is 0 Å². The number of halogens is 1. The van der Waals surface area contributed by atoms with Gasteiger partial charge in [0.2, 0.25) is 11.8 Å². The van der Waals surface area contributed by atoms with Gasteiger partial charge in [-0.25, -0.2) is 0 Å². The first kappa shape index (κ1) is 15.4. The van der Waals surface area contributed by atoms with E-state index in [2.05, 4.69) is 10.2 Å². The number of hydrogen-bond donors (Lipinski definition) is 0. The largest absolute Gasteiger partial charge is 0.420 e. The van der Waals surface area contributed by atoms with E-state index in [-0.39, 0.29) is 11.8 Å². The lowest BCUT2D eigenvalue weighted by Gasteiger charge is -2.14. The average Bonchev–Trinajstić information content (AvgIpc) is 3.34. The van der Waals surface area contributed by atoms with E-state index in [0.717, 1.165) is 16.9 Å². The van der Waals surface area contributed by atoms with Crippen molar-refractivity contribution in [3.8, 4) is 11.5 Å². The third-order valence-corrected chi connectivity index (χ3v) is 5.20. The summed E-state index contributed by atoms with van der Waals surface area (Å²) < 4.78 is 5.81. The molecule has 1 aromatic carbocycles. The third-order valence-electron chi connectivity index (χ3n) is 4.09. The molecular weight excluding hydrogens is 346 g/mol. The highest BCUT2D eigenvalue weighted by Crippen LogP contribution is 2.30. The van der Waals surface area contributed by atoms with Gasteiger partial charge < -0.3 is 9.32 Å². The molecule has 122 valence electrons. The van der Waals surface area contributed by atoms with Gasteiger partial charge in [0.25, 0.3) is 5.91 Å². The molecule has 0 radical (unpaired) electrons. The summed E-state index contributed by atoms with van der Waals surface area (Å²) in [6.07, 6.45) is 0.833. The summed E-state index contributed by atoms with van der Waals surface area (Å²) >= 11 is 7.36. The van der Waals surface area contributed by atoms with E-state index in [1.54, 1.807) is 12.1 Å². The molecule has 1 aliphatic rings. The Morgan fingerprint density at radius 1 is 1.25 bits per heavy atom. The summed E-state index contributed by atoms with van der Waals surface area (Å²) in [7, 11) is 0. The minimum absolute atomic E-state index is 0.0740. The van der Waals surface area contributed by atoms with Crippen LogP contribution in [0.2, 0.25) is 5.02 Å². The Hall–Kier alpha value is -2.18. The Kier molecular flexibility index (Phi) is 4.08. The highest BCUT2D eigenvalue weighted by atomic mass is 35.5. The smallest absolute Gasteiger partial charge is 0.263 e. The van der Waals surface area contributed by atoms with Crippen molar-refractivity contribution in [3.63, 3.8) is 0 Å². The summed E-state index contributed by atoms with van der Waals surface area (Å²) in [6, 6.07) is 11.0. The van der Waals surface area contributed by atoms with Crippen molar-refractivity contribution >= 4 is 28.8 Å². The lowest BCUT2D eigenvalue weighted by Crippen LogP contribution is -2.27. The van der Waals surface area contributed by atoms with Crippen LogP contribution in [0, 0.1) is 0 Å². The van der Waals surface area contributed by atoms with Gasteiger partial charge in [-0.15, -0.1) is 21.5 Å². The van der Waals surface area contributed by atoms with Gasteiger partial charge in [-0.1, -0.05) is 17.7 Å². The maximum Gasteiger partial charge on any atom is 0.263 e. The number of nitrogens with zero attached hydrogens (tertiary/aromatic N) is 3. The second-order valence-corrected chi connectivity index (χ2v) is 7.05. The quantitative estimate of drug-likeness (QED) is 0.707. The van der Waals surface area contributed by atoms with Crippen LogP contribution in [-0.2, 0) is 0 Å². The molecule has 0 spiro atoms. The molecule has 0 bridgehead atoms. The van der Waals surface area contributed by atoms with Gasteiger partial charge in [-0.05, 0) is 42.1 Å². The molecule has 5 nitrogen and oxygen atoms in total. The summed E-state index contributed by atoms with van der Waals surface area (Å²) in [4.78, 5) is 15.0. The fourth-order valence-electron chi connectivity index (χ4n) is 2.81. The predicted octanol–water partition coefficient (Wildman–Crippen LogP) is 4.08. The Bertz CT molecular complexity index is 845. The molecule has 3 aromatic rings. The van der Waals surface area contributed by atoms with Crippen molar-refractivity contribution in [2.45, 2.75) is 12.3 Å². The zero-order valence-corrected chi connectivity index (χ0v) is 14.3. The molecule has 2 aromatic heterocycles. The topological polar surface area (TPSA) is 59.2 Å². The van der Waals surface area contributed by atoms with Crippen LogP contribution in [0.25, 0.3) is 11.5 Å². The second kappa shape index (κ2) is 6.37. The molecule has 7 heteroatoms. The molecule has 1 unspecified atom stereocenters. The van der Waals surface area contributed by atoms with E-state index in [1.807, 2.05) is 34.5 Å². The van der Waals surface area contributed by atoms with Crippen molar-refractivity contribution in [2.75, 3.05) is 13.1 Å². The summed E-state index contributed by atoms with van der Waals surface area (Å²) in [5.41, 5.74) is 0.836. The van der Waals surface area contributed by atoms with Crippen molar-refractivity contribution in [1.29, 1.82) is 0 Å². The third kappa shape index (κ3) is 2.95. The van der Waals surface area contributed by atoms with E-state index in [4.69, 9.17) is 16.0 Å². The number of hydrogen-bond acceptors (Lipinski definition) is 5. The van der Waals surface area contributed by atoms with Crippen LogP contribution in [0.4, 0.5) is 0 Å². The first-order chi connectivity index (χ1) is 11.7. The molecule has 1 aliphatic heterocycles. The normalized spacial score (nSPS) is 17.4. The number of benzene rings is 1. The maximum absolute atomic E-state index is 12.4. The van der Waals surface area contributed by atoms with Crippen LogP contribution < -0.4 is 0 Å². The Morgan fingerprint density at radius 3 is 2.83 bits per heavy atom. The molecular formula is C17H14ClN3O2S. The van der Waals surface area contributed by atoms with E-state index < -0.39 is 0 Å². The fraction of sp³-hybridized carbons (Fsp3) is 0.235. The monoisotopic (exact) mass is 359 g/mol. The molecule has 0 saturated carbocycles. The number of amides is 1. The van der Waals surface area contributed by atoms with Crippen molar-refractivity contribution in [3.05, 3.63) is 57.6 Å². The Balaban J connectivity index is 1.48. The SMILES string of the molecule is O=C(c1cccs1)N1CCC(c2nnc(-c3ccc(Cl)cc3)o2)C1. The minimum atomic E-state index is 0.0740. The molecule has 24 heavy (non-hydrogen) atoms. The summed E-state index contributed by atoms with van der Waals surface area (Å²) in [6.45, 7) is 1.32. The number of rotatable bonds is 3. The van der Waals surface area contributed by atoms with Crippen molar-refractivity contribution in [1.82, 2.24) is 15.1 Å². The molecule has 3 heterocycles. The highest BCUT2D eigenvalue weighted by molar-refractivity contribution is 7.12. The average molecular weight is 360 g/mol. The Morgan fingerprint density at radius 2 is 2.08 bits per heavy atom. The zero-order valence-electron chi connectivity index (χ0n) is 12.7. The minimum Gasteiger partial charge on any atom is -0.420 e. The fourth-order valence-corrected chi connectivity index (χ4v) is 3.63. The van der Waals surface area contributed by atoms with Crippen molar-refractivity contribution in [2.24, 2.45) is 0 Å². The molecule has 1 amide bonds. The van der Waals surface area contributed by atoms with Crippen LogP contribution in [0.1, 0.15) is 27.9 Å². The van der Waals surface area contributed by atoms with E-state index >= 15 is 0 Å².